The lowest BCUT2D eigenvalue weighted by atomic mass is 10.2. The lowest BCUT2D eigenvalue weighted by Gasteiger charge is -2.12. The average Bonchev–Trinajstić information content (AvgIpc) is 3.13. The SMILES string of the molecule is CCOCCCNC(=NCc1ccc(F)cc1)NCCc1ccco1. The summed E-state index contributed by atoms with van der Waals surface area (Å²) in [5.74, 6) is 1.42. The number of guanidine groups is 1. The molecule has 2 rings (SSSR count). The van der Waals surface area contributed by atoms with Crippen LogP contribution in [0.2, 0.25) is 0 Å². The van der Waals surface area contributed by atoms with Gasteiger partial charge in [0.15, 0.2) is 5.96 Å². The number of hydrogen-bond acceptors (Lipinski definition) is 3. The Morgan fingerprint density at radius 2 is 1.96 bits per heavy atom. The molecule has 0 spiro atoms. The van der Waals surface area contributed by atoms with E-state index in [0.717, 1.165) is 49.9 Å². The number of furan rings is 1. The highest BCUT2D eigenvalue weighted by Crippen LogP contribution is 2.04. The molecule has 0 radical (unpaired) electrons. The summed E-state index contributed by atoms with van der Waals surface area (Å²) >= 11 is 0. The molecule has 25 heavy (non-hydrogen) atoms. The minimum absolute atomic E-state index is 0.237. The van der Waals surface area contributed by atoms with E-state index in [-0.39, 0.29) is 5.82 Å². The maximum Gasteiger partial charge on any atom is 0.191 e. The molecule has 0 atom stereocenters. The Balaban J connectivity index is 1.83. The predicted octanol–water partition coefficient (Wildman–Crippen LogP) is 3.12. The van der Waals surface area contributed by atoms with Gasteiger partial charge in [0.25, 0.3) is 0 Å². The smallest absolute Gasteiger partial charge is 0.191 e. The summed E-state index contributed by atoms with van der Waals surface area (Å²) in [5, 5.41) is 6.59. The van der Waals surface area contributed by atoms with Gasteiger partial charge in [-0.3, -0.25) is 0 Å². The van der Waals surface area contributed by atoms with E-state index in [4.69, 9.17) is 9.15 Å². The molecule has 2 aromatic rings. The third-order valence-electron chi connectivity index (χ3n) is 3.54. The molecule has 0 fully saturated rings. The summed E-state index contributed by atoms with van der Waals surface area (Å²) in [6, 6.07) is 10.2. The van der Waals surface area contributed by atoms with Crippen LogP contribution in [0.4, 0.5) is 4.39 Å². The van der Waals surface area contributed by atoms with Crippen molar-refractivity contribution >= 4 is 5.96 Å². The van der Waals surface area contributed by atoms with E-state index in [1.54, 1.807) is 18.4 Å². The van der Waals surface area contributed by atoms with Crippen LogP contribution in [0.25, 0.3) is 0 Å². The molecule has 5 nitrogen and oxygen atoms in total. The maximum atomic E-state index is 13.0. The number of aliphatic imine (C=N–C) groups is 1. The largest absolute Gasteiger partial charge is 0.469 e. The number of ether oxygens (including phenoxy) is 1. The molecule has 0 amide bonds. The van der Waals surface area contributed by atoms with Crippen molar-refractivity contribution in [1.29, 1.82) is 0 Å². The number of hydrogen-bond donors (Lipinski definition) is 2. The molecule has 1 aromatic heterocycles. The second-order valence-corrected chi connectivity index (χ2v) is 5.52. The van der Waals surface area contributed by atoms with Crippen molar-refractivity contribution in [3.8, 4) is 0 Å². The van der Waals surface area contributed by atoms with E-state index in [1.165, 1.54) is 12.1 Å². The minimum atomic E-state index is -0.237. The van der Waals surface area contributed by atoms with Crippen LogP contribution in [0.5, 0.6) is 0 Å². The summed E-state index contributed by atoms with van der Waals surface area (Å²) in [6.07, 6.45) is 3.36. The van der Waals surface area contributed by atoms with Gasteiger partial charge in [-0.05, 0) is 43.2 Å². The first-order valence-corrected chi connectivity index (χ1v) is 8.64. The van der Waals surface area contributed by atoms with Crippen LogP contribution in [-0.4, -0.2) is 32.3 Å². The Labute approximate surface area is 148 Å². The van der Waals surface area contributed by atoms with E-state index >= 15 is 0 Å². The molecule has 136 valence electrons. The molecule has 0 saturated heterocycles. The Morgan fingerprint density at radius 1 is 1.16 bits per heavy atom. The van der Waals surface area contributed by atoms with Crippen LogP contribution in [0.1, 0.15) is 24.7 Å². The zero-order chi connectivity index (χ0) is 17.7. The molecule has 0 saturated carbocycles. The van der Waals surface area contributed by atoms with Gasteiger partial charge >= 0.3 is 0 Å². The molecule has 0 aliphatic carbocycles. The summed E-state index contributed by atoms with van der Waals surface area (Å²) < 4.78 is 23.6. The van der Waals surface area contributed by atoms with Crippen molar-refractivity contribution in [2.45, 2.75) is 26.3 Å². The van der Waals surface area contributed by atoms with E-state index in [2.05, 4.69) is 15.6 Å². The summed E-state index contributed by atoms with van der Waals surface area (Å²) in [6.45, 7) is 5.42. The highest BCUT2D eigenvalue weighted by atomic mass is 19.1. The molecule has 0 aliphatic rings. The number of benzene rings is 1. The number of halogens is 1. The molecule has 6 heteroatoms. The van der Waals surface area contributed by atoms with E-state index in [0.29, 0.717) is 13.1 Å². The van der Waals surface area contributed by atoms with Crippen LogP contribution >= 0.6 is 0 Å². The van der Waals surface area contributed by atoms with Gasteiger partial charge in [-0.25, -0.2) is 9.38 Å². The summed E-state index contributed by atoms with van der Waals surface area (Å²) in [5.41, 5.74) is 0.961. The topological polar surface area (TPSA) is 58.8 Å². The van der Waals surface area contributed by atoms with Gasteiger partial charge in [0.1, 0.15) is 11.6 Å². The van der Waals surface area contributed by atoms with Crippen LogP contribution in [0.3, 0.4) is 0 Å². The maximum absolute atomic E-state index is 13.0. The van der Waals surface area contributed by atoms with Gasteiger partial charge in [-0.15, -0.1) is 0 Å². The highest BCUT2D eigenvalue weighted by Gasteiger charge is 2.01. The van der Waals surface area contributed by atoms with Gasteiger partial charge in [0.2, 0.25) is 0 Å². The van der Waals surface area contributed by atoms with Gasteiger partial charge in [0, 0.05) is 32.7 Å². The van der Waals surface area contributed by atoms with Gasteiger partial charge in [-0.2, -0.15) is 0 Å². The first kappa shape index (κ1) is 19.0. The number of rotatable bonds is 10. The Kier molecular flexibility index (Phi) is 8.55. The molecule has 2 N–H and O–H groups in total. The van der Waals surface area contributed by atoms with Crippen LogP contribution in [0, 0.1) is 5.82 Å². The van der Waals surface area contributed by atoms with E-state index in [9.17, 15) is 4.39 Å². The van der Waals surface area contributed by atoms with Gasteiger partial charge < -0.3 is 19.8 Å². The molecule has 1 heterocycles. The normalized spacial score (nSPS) is 11.5. The lowest BCUT2D eigenvalue weighted by Crippen LogP contribution is -2.39. The van der Waals surface area contributed by atoms with Gasteiger partial charge in [-0.1, -0.05) is 12.1 Å². The second-order valence-electron chi connectivity index (χ2n) is 5.52. The van der Waals surface area contributed by atoms with Crippen molar-refractivity contribution in [3.05, 3.63) is 59.8 Å². The third-order valence-corrected chi connectivity index (χ3v) is 3.54. The molecule has 0 aliphatic heterocycles. The van der Waals surface area contributed by atoms with E-state index < -0.39 is 0 Å². The zero-order valence-corrected chi connectivity index (χ0v) is 14.6. The third kappa shape index (κ3) is 7.85. The second kappa shape index (κ2) is 11.3. The van der Waals surface area contributed by atoms with Gasteiger partial charge in [0.05, 0.1) is 12.8 Å². The van der Waals surface area contributed by atoms with E-state index in [1.807, 2.05) is 19.1 Å². The van der Waals surface area contributed by atoms with Crippen LogP contribution in [-0.2, 0) is 17.7 Å². The quantitative estimate of drug-likeness (QED) is 0.394. The Bertz CT molecular complexity index is 612. The molecule has 0 bridgehead atoms. The van der Waals surface area contributed by atoms with Crippen molar-refractivity contribution in [2.24, 2.45) is 4.99 Å². The molecule has 1 aromatic carbocycles. The van der Waals surface area contributed by atoms with Crippen LogP contribution in [0.15, 0.2) is 52.1 Å². The molecule has 0 unspecified atom stereocenters. The minimum Gasteiger partial charge on any atom is -0.469 e. The monoisotopic (exact) mass is 347 g/mol. The number of nitrogens with zero attached hydrogens (tertiary/aromatic N) is 1. The summed E-state index contributed by atoms with van der Waals surface area (Å²) in [7, 11) is 0. The van der Waals surface area contributed by atoms with Crippen molar-refractivity contribution < 1.29 is 13.5 Å². The van der Waals surface area contributed by atoms with Crippen molar-refractivity contribution in [2.75, 3.05) is 26.3 Å². The number of nitrogens with one attached hydrogen (secondary N) is 2. The zero-order valence-electron chi connectivity index (χ0n) is 14.6. The fraction of sp³-hybridized carbons (Fsp3) is 0.421. The lowest BCUT2D eigenvalue weighted by molar-refractivity contribution is 0.145. The standard InChI is InChI=1S/C19H26FN3O2/c1-2-24-13-4-11-21-19(22-12-10-18-5-3-14-25-18)23-15-16-6-8-17(20)9-7-16/h3,5-9,14H,2,4,10-13,15H2,1H3,(H2,21,22,23). The molecular formula is C19H26FN3O2. The Hall–Kier alpha value is -2.34. The van der Waals surface area contributed by atoms with Crippen LogP contribution < -0.4 is 10.6 Å². The predicted molar refractivity (Wildman–Crippen MR) is 97.1 cm³/mol. The molecular weight excluding hydrogens is 321 g/mol. The average molecular weight is 347 g/mol. The Morgan fingerprint density at radius 3 is 2.68 bits per heavy atom. The first-order chi connectivity index (χ1) is 12.3. The fourth-order valence-corrected chi connectivity index (χ4v) is 2.22. The fourth-order valence-electron chi connectivity index (χ4n) is 2.22. The first-order valence-electron chi connectivity index (χ1n) is 8.64. The summed E-state index contributed by atoms with van der Waals surface area (Å²) in [4.78, 5) is 4.56. The van der Waals surface area contributed by atoms with Crippen molar-refractivity contribution in [3.63, 3.8) is 0 Å². The highest BCUT2D eigenvalue weighted by molar-refractivity contribution is 5.79. The van der Waals surface area contributed by atoms with Crippen molar-refractivity contribution in [1.82, 2.24) is 10.6 Å².